The summed E-state index contributed by atoms with van der Waals surface area (Å²) in [5.74, 6) is 0.995. The van der Waals surface area contributed by atoms with Gasteiger partial charge in [-0.15, -0.1) is 0 Å². The number of furan rings is 1. The van der Waals surface area contributed by atoms with Gasteiger partial charge < -0.3 is 9.15 Å². The Morgan fingerprint density at radius 1 is 1.24 bits per heavy atom. The molecule has 0 spiro atoms. The summed E-state index contributed by atoms with van der Waals surface area (Å²) in [4.78, 5) is 0.111. The lowest BCUT2D eigenvalue weighted by Gasteiger charge is -2.21. The van der Waals surface area contributed by atoms with Gasteiger partial charge >= 0.3 is 0 Å². The van der Waals surface area contributed by atoms with Crippen molar-refractivity contribution in [2.75, 3.05) is 7.11 Å². The number of nitrogens with zero attached hydrogens (tertiary/aromatic N) is 1. The SMILES string of the molecule is COc1ccc(S(=O)(=O)N(Cc2ccsc2)Cc2ccco2)cc1Cl. The lowest BCUT2D eigenvalue weighted by molar-refractivity contribution is 0.358. The molecular weight excluding hydrogens is 382 g/mol. The van der Waals surface area contributed by atoms with Crippen LogP contribution in [-0.4, -0.2) is 19.8 Å². The molecule has 2 heterocycles. The molecular formula is C17H16ClNO4S2. The number of methoxy groups -OCH3 is 1. The summed E-state index contributed by atoms with van der Waals surface area (Å²) < 4.78 is 38.0. The maximum atomic E-state index is 13.1. The first kappa shape index (κ1) is 18.0. The lowest BCUT2D eigenvalue weighted by Crippen LogP contribution is -2.30. The van der Waals surface area contributed by atoms with Crippen molar-refractivity contribution < 1.29 is 17.6 Å². The maximum Gasteiger partial charge on any atom is 0.243 e. The quantitative estimate of drug-likeness (QED) is 0.593. The highest BCUT2D eigenvalue weighted by molar-refractivity contribution is 7.89. The Morgan fingerprint density at radius 3 is 2.68 bits per heavy atom. The molecule has 2 aromatic heterocycles. The molecule has 25 heavy (non-hydrogen) atoms. The van der Waals surface area contributed by atoms with Crippen molar-refractivity contribution in [3.05, 3.63) is 69.8 Å². The minimum absolute atomic E-state index is 0.111. The number of hydrogen-bond acceptors (Lipinski definition) is 5. The van der Waals surface area contributed by atoms with Crippen LogP contribution in [0.4, 0.5) is 0 Å². The van der Waals surface area contributed by atoms with Crippen LogP contribution in [-0.2, 0) is 23.1 Å². The van der Waals surface area contributed by atoms with Gasteiger partial charge in [0.25, 0.3) is 0 Å². The predicted octanol–water partition coefficient (Wildman–Crippen LogP) is 4.39. The fourth-order valence-corrected chi connectivity index (χ4v) is 4.75. The summed E-state index contributed by atoms with van der Waals surface area (Å²) in [6, 6.07) is 9.81. The van der Waals surface area contributed by atoms with Gasteiger partial charge in [0.2, 0.25) is 10.0 Å². The van der Waals surface area contributed by atoms with Crippen LogP contribution >= 0.6 is 22.9 Å². The number of halogens is 1. The van der Waals surface area contributed by atoms with Crippen LogP contribution < -0.4 is 4.74 Å². The highest BCUT2D eigenvalue weighted by Gasteiger charge is 2.26. The van der Waals surface area contributed by atoms with E-state index in [2.05, 4.69) is 0 Å². The molecule has 0 atom stereocenters. The molecule has 3 rings (SSSR count). The van der Waals surface area contributed by atoms with Crippen molar-refractivity contribution in [3.63, 3.8) is 0 Å². The van der Waals surface area contributed by atoms with E-state index >= 15 is 0 Å². The number of sulfonamides is 1. The van der Waals surface area contributed by atoms with Crippen LogP contribution in [0.25, 0.3) is 0 Å². The molecule has 0 saturated carbocycles. The molecule has 3 aromatic rings. The Labute approximate surface area is 155 Å². The molecule has 5 nitrogen and oxygen atoms in total. The molecule has 132 valence electrons. The number of ether oxygens (including phenoxy) is 1. The zero-order chi connectivity index (χ0) is 17.9. The average molecular weight is 398 g/mol. The van der Waals surface area contributed by atoms with E-state index in [1.807, 2.05) is 16.8 Å². The van der Waals surface area contributed by atoms with Crippen molar-refractivity contribution in [1.29, 1.82) is 0 Å². The fraction of sp³-hybridized carbons (Fsp3) is 0.176. The molecule has 0 aliphatic rings. The normalized spacial score (nSPS) is 11.8. The van der Waals surface area contributed by atoms with Gasteiger partial charge in [-0.05, 0) is 52.7 Å². The molecule has 0 aliphatic carbocycles. The van der Waals surface area contributed by atoms with Crippen LogP contribution in [0.15, 0.2) is 62.7 Å². The highest BCUT2D eigenvalue weighted by atomic mass is 35.5. The van der Waals surface area contributed by atoms with Crippen molar-refractivity contribution in [1.82, 2.24) is 4.31 Å². The van der Waals surface area contributed by atoms with Gasteiger partial charge in [0.1, 0.15) is 11.5 Å². The highest BCUT2D eigenvalue weighted by Crippen LogP contribution is 2.29. The second-order valence-corrected chi connectivity index (χ2v) is 8.41. The van der Waals surface area contributed by atoms with Crippen molar-refractivity contribution >= 4 is 33.0 Å². The van der Waals surface area contributed by atoms with Gasteiger partial charge in [-0.2, -0.15) is 15.6 Å². The molecule has 0 fully saturated rings. The van der Waals surface area contributed by atoms with Crippen molar-refractivity contribution in [2.24, 2.45) is 0 Å². The first-order valence-electron chi connectivity index (χ1n) is 7.38. The Balaban J connectivity index is 1.96. The number of hydrogen-bond donors (Lipinski definition) is 0. The van der Waals surface area contributed by atoms with E-state index < -0.39 is 10.0 Å². The zero-order valence-corrected chi connectivity index (χ0v) is 15.8. The first-order chi connectivity index (χ1) is 12.0. The van der Waals surface area contributed by atoms with E-state index in [9.17, 15) is 8.42 Å². The Hall–Kier alpha value is -1.80. The topological polar surface area (TPSA) is 59.8 Å². The van der Waals surface area contributed by atoms with Crippen LogP contribution in [0.1, 0.15) is 11.3 Å². The molecule has 0 amide bonds. The third-order valence-corrected chi connectivity index (χ3v) is 6.43. The van der Waals surface area contributed by atoms with Gasteiger partial charge in [0, 0.05) is 6.54 Å². The van der Waals surface area contributed by atoms with E-state index in [1.54, 1.807) is 18.2 Å². The Kier molecular flexibility index (Phi) is 5.48. The Morgan fingerprint density at radius 2 is 2.08 bits per heavy atom. The summed E-state index contributed by atoms with van der Waals surface area (Å²) in [7, 11) is -2.28. The van der Waals surface area contributed by atoms with Gasteiger partial charge in [-0.25, -0.2) is 8.42 Å². The smallest absolute Gasteiger partial charge is 0.243 e. The fourth-order valence-electron chi connectivity index (χ4n) is 2.35. The molecule has 0 N–H and O–H groups in total. The minimum atomic E-state index is -3.76. The summed E-state index contributed by atoms with van der Waals surface area (Å²) in [6.07, 6.45) is 1.52. The average Bonchev–Trinajstić information content (AvgIpc) is 3.28. The van der Waals surface area contributed by atoms with Crippen molar-refractivity contribution in [2.45, 2.75) is 18.0 Å². The zero-order valence-electron chi connectivity index (χ0n) is 13.4. The molecule has 0 saturated heterocycles. The summed E-state index contributed by atoms with van der Waals surface area (Å²) >= 11 is 7.62. The first-order valence-corrected chi connectivity index (χ1v) is 10.1. The molecule has 0 aliphatic heterocycles. The van der Waals surface area contributed by atoms with Crippen LogP contribution in [0.2, 0.25) is 5.02 Å². The monoisotopic (exact) mass is 397 g/mol. The molecule has 8 heteroatoms. The van der Waals surface area contributed by atoms with E-state index in [-0.39, 0.29) is 23.0 Å². The van der Waals surface area contributed by atoms with Crippen molar-refractivity contribution in [3.8, 4) is 5.75 Å². The van der Waals surface area contributed by atoms with Gasteiger partial charge in [-0.1, -0.05) is 11.6 Å². The van der Waals surface area contributed by atoms with Gasteiger partial charge in [0.15, 0.2) is 0 Å². The summed E-state index contributed by atoms with van der Waals surface area (Å²) in [5, 5.41) is 4.08. The second kappa shape index (κ2) is 7.61. The largest absolute Gasteiger partial charge is 0.495 e. The predicted molar refractivity (Wildman–Crippen MR) is 97.5 cm³/mol. The molecule has 1 aromatic carbocycles. The Bertz CT molecular complexity index is 885. The summed E-state index contributed by atoms with van der Waals surface area (Å²) in [6.45, 7) is 0.380. The van der Waals surface area contributed by atoms with Gasteiger partial charge in [0.05, 0.1) is 29.8 Å². The standard InChI is InChI=1S/C17H16ClNO4S2/c1-22-17-5-4-15(9-16(17)18)25(20,21)19(10-13-6-8-24-12-13)11-14-3-2-7-23-14/h2-9,12H,10-11H2,1H3. The molecule has 0 radical (unpaired) electrons. The van der Waals surface area contributed by atoms with Crippen LogP contribution in [0, 0.1) is 0 Å². The van der Waals surface area contributed by atoms with Crippen LogP contribution in [0.3, 0.4) is 0 Å². The number of rotatable bonds is 7. The number of benzene rings is 1. The van der Waals surface area contributed by atoms with E-state index in [0.717, 1.165) is 5.56 Å². The van der Waals surface area contributed by atoms with E-state index in [4.69, 9.17) is 20.8 Å². The number of thiophene rings is 1. The van der Waals surface area contributed by atoms with Crippen LogP contribution in [0.5, 0.6) is 5.75 Å². The third kappa shape index (κ3) is 4.07. The maximum absolute atomic E-state index is 13.1. The lowest BCUT2D eigenvalue weighted by atomic mass is 10.3. The van der Waals surface area contributed by atoms with Gasteiger partial charge in [-0.3, -0.25) is 0 Å². The second-order valence-electron chi connectivity index (χ2n) is 5.28. The molecule has 0 unspecified atom stereocenters. The molecule has 0 bridgehead atoms. The minimum Gasteiger partial charge on any atom is -0.495 e. The third-order valence-electron chi connectivity index (χ3n) is 3.61. The van der Waals surface area contributed by atoms with E-state index in [0.29, 0.717) is 11.5 Å². The summed E-state index contributed by atoms with van der Waals surface area (Å²) in [5.41, 5.74) is 0.916. The van der Waals surface area contributed by atoms with E-state index in [1.165, 1.54) is 41.1 Å².